The van der Waals surface area contributed by atoms with E-state index < -0.39 is 0 Å². The molecule has 1 aromatic rings. The number of carbonyl (C=O) groups is 1. The van der Waals surface area contributed by atoms with Crippen LogP contribution in [-0.4, -0.2) is 36.6 Å². The average Bonchev–Trinajstić information content (AvgIpc) is 2.26. The molecular weight excluding hydrogens is 265 g/mol. The molecule has 17 heavy (non-hydrogen) atoms. The normalized spacial score (nSPS) is 10.2. The van der Waals surface area contributed by atoms with E-state index in [-0.39, 0.29) is 29.9 Å². The van der Waals surface area contributed by atoms with Gasteiger partial charge in [0.25, 0.3) is 5.91 Å². The highest BCUT2D eigenvalue weighted by Crippen LogP contribution is 2.32. The molecule has 1 N–H and O–H groups in total. The first-order valence-corrected chi connectivity index (χ1v) is 5.63. The van der Waals surface area contributed by atoms with Crippen molar-refractivity contribution in [2.24, 2.45) is 0 Å². The maximum Gasteiger partial charge on any atom is 0.259 e. The number of aliphatic hydroxyl groups is 1. The van der Waals surface area contributed by atoms with Gasteiger partial charge in [-0.3, -0.25) is 4.79 Å². The quantitative estimate of drug-likeness (QED) is 0.915. The largest absolute Gasteiger partial charge is 0.482 e. The Bertz CT molecular complexity index is 421. The maximum atomic E-state index is 11.4. The number of amides is 1. The second-order valence-electron chi connectivity index (χ2n) is 3.61. The zero-order chi connectivity index (χ0) is 13.0. The molecule has 0 spiro atoms. The van der Waals surface area contributed by atoms with E-state index in [0.29, 0.717) is 10.6 Å². The predicted molar refractivity (Wildman–Crippen MR) is 66.6 cm³/mol. The molecule has 0 aromatic heterocycles. The van der Waals surface area contributed by atoms with Crippen molar-refractivity contribution in [1.82, 2.24) is 4.90 Å². The summed E-state index contributed by atoms with van der Waals surface area (Å²) in [7, 11) is 3.25. The van der Waals surface area contributed by atoms with Crippen molar-refractivity contribution in [3.63, 3.8) is 0 Å². The Morgan fingerprint density at radius 3 is 2.59 bits per heavy atom. The van der Waals surface area contributed by atoms with Gasteiger partial charge in [-0.1, -0.05) is 23.2 Å². The number of likely N-dealkylation sites (N-methyl/N-ethyl adjacent to an activating group) is 1. The Kier molecular flexibility index (Phi) is 5.05. The van der Waals surface area contributed by atoms with Gasteiger partial charge in [-0.05, 0) is 12.1 Å². The Morgan fingerprint density at radius 2 is 2.06 bits per heavy atom. The van der Waals surface area contributed by atoms with E-state index in [1.807, 2.05) is 0 Å². The minimum Gasteiger partial charge on any atom is -0.482 e. The Morgan fingerprint density at radius 1 is 1.41 bits per heavy atom. The molecule has 0 fully saturated rings. The van der Waals surface area contributed by atoms with Gasteiger partial charge >= 0.3 is 0 Å². The number of carbonyl (C=O) groups excluding carboxylic acids is 1. The maximum absolute atomic E-state index is 11.4. The predicted octanol–water partition coefficient (Wildman–Crippen LogP) is 1.95. The molecule has 1 amide bonds. The van der Waals surface area contributed by atoms with Gasteiger partial charge in [0.05, 0.1) is 11.6 Å². The van der Waals surface area contributed by atoms with Crippen molar-refractivity contribution < 1.29 is 14.6 Å². The Balaban J connectivity index is 2.87. The van der Waals surface area contributed by atoms with Crippen LogP contribution in [0.2, 0.25) is 10.0 Å². The first kappa shape index (κ1) is 14.1. The zero-order valence-electron chi connectivity index (χ0n) is 9.54. The molecule has 94 valence electrons. The highest BCUT2D eigenvalue weighted by atomic mass is 35.5. The lowest BCUT2D eigenvalue weighted by atomic mass is 10.2. The molecule has 0 bridgehead atoms. The highest BCUT2D eigenvalue weighted by Gasteiger charge is 2.12. The van der Waals surface area contributed by atoms with E-state index in [1.165, 1.54) is 11.0 Å². The smallest absolute Gasteiger partial charge is 0.259 e. The molecule has 0 heterocycles. The summed E-state index contributed by atoms with van der Waals surface area (Å²) >= 11 is 11.7. The SMILES string of the molecule is CN(C)C(=O)COc1c(Cl)cc(Cl)cc1CO. The Hall–Kier alpha value is -0.970. The highest BCUT2D eigenvalue weighted by molar-refractivity contribution is 6.35. The molecule has 0 saturated carbocycles. The van der Waals surface area contributed by atoms with Crippen molar-refractivity contribution in [2.75, 3.05) is 20.7 Å². The molecular formula is C11H13Cl2NO3. The van der Waals surface area contributed by atoms with Crippen LogP contribution < -0.4 is 4.74 Å². The van der Waals surface area contributed by atoms with Gasteiger partial charge in [0.1, 0.15) is 5.75 Å². The van der Waals surface area contributed by atoms with E-state index >= 15 is 0 Å². The fraction of sp³-hybridized carbons (Fsp3) is 0.364. The van der Waals surface area contributed by atoms with Crippen LogP contribution in [0.25, 0.3) is 0 Å². The molecule has 0 aliphatic carbocycles. The summed E-state index contributed by atoms with van der Waals surface area (Å²) in [5.74, 6) is 0.0914. The van der Waals surface area contributed by atoms with Crippen molar-refractivity contribution in [3.05, 3.63) is 27.7 Å². The molecule has 0 aliphatic rings. The lowest BCUT2D eigenvalue weighted by molar-refractivity contribution is -0.130. The summed E-state index contributed by atoms with van der Waals surface area (Å²) in [6.07, 6.45) is 0. The minimum absolute atomic E-state index is 0.138. The van der Waals surface area contributed by atoms with Gasteiger partial charge in [-0.25, -0.2) is 0 Å². The van der Waals surface area contributed by atoms with E-state index in [9.17, 15) is 4.79 Å². The van der Waals surface area contributed by atoms with Crippen LogP contribution in [0.15, 0.2) is 12.1 Å². The number of ether oxygens (including phenoxy) is 1. The third kappa shape index (κ3) is 3.77. The summed E-state index contributed by atoms with van der Waals surface area (Å²) in [5.41, 5.74) is 0.453. The molecule has 6 heteroatoms. The van der Waals surface area contributed by atoms with Gasteiger partial charge in [-0.2, -0.15) is 0 Å². The molecule has 0 atom stereocenters. The average molecular weight is 278 g/mol. The number of aliphatic hydroxyl groups excluding tert-OH is 1. The minimum atomic E-state index is -0.258. The monoisotopic (exact) mass is 277 g/mol. The number of nitrogens with zero attached hydrogens (tertiary/aromatic N) is 1. The molecule has 0 unspecified atom stereocenters. The second kappa shape index (κ2) is 6.10. The van der Waals surface area contributed by atoms with Crippen molar-refractivity contribution in [3.8, 4) is 5.75 Å². The van der Waals surface area contributed by atoms with Gasteiger partial charge in [0, 0.05) is 24.7 Å². The van der Waals surface area contributed by atoms with Crippen molar-refractivity contribution in [2.45, 2.75) is 6.61 Å². The third-order valence-electron chi connectivity index (χ3n) is 2.09. The van der Waals surface area contributed by atoms with Crippen LogP contribution in [0.4, 0.5) is 0 Å². The summed E-state index contributed by atoms with van der Waals surface area (Å²) in [6.45, 7) is -0.396. The van der Waals surface area contributed by atoms with Gasteiger partial charge < -0.3 is 14.7 Å². The summed E-state index contributed by atoms with van der Waals surface area (Å²) in [5, 5.41) is 9.83. The van der Waals surface area contributed by atoms with Crippen LogP contribution in [0.3, 0.4) is 0 Å². The molecule has 0 radical (unpaired) electrons. The first-order valence-electron chi connectivity index (χ1n) is 4.87. The van der Waals surface area contributed by atoms with Gasteiger partial charge in [0.15, 0.2) is 6.61 Å². The van der Waals surface area contributed by atoms with Crippen LogP contribution in [0, 0.1) is 0 Å². The summed E-state index contributed by atoms with van der Waals surface area (Å²) < 4.78 is 5.30. The van der Waals surface area contributed by atoms with Crippen molar-refractivity contribution >= 4 is 29.1 Å². The molecule has 4 nitrogen and oxygen atoms in total. The standard InChI is InChI=1S/C11H13Cl2NO3/c1-14(2)10(16)6-17-11-7(5-15)3-8(12)4-9(11)13/h3-4,15H,5-6H2,1-2H3. The first-order chi connectivity index (χ1) is 7.95. The van der Waals surface area contributed by atoms with E-state index in [2.05, 4.69) is 0 Å². The number of hydrogen-bond donors (Lipinski definition) is 1. The van der Waals surface area contributed by atoms with Gasteiger partial charge in [0.2, 0.25) is 0 Å². The van der Waals surface area contributed by atoms with Crippen LogP contribution >= 0.6 is 23.2 Å². The molecule has 1 aromatic carbocycles. The van der Waals surface area contributed by atoms with Crippen LogP contribution in [0.1, 0.15) is 5.56 Å². The fourth-order valence-corrected chi connectivity index (χ4v) is 1.75. The van der Waals surface area contributed by atoms with E-state index in [4.69, 9.17) is 33.0 Å². The Labute approximate surface area is 110 Å². The van der Waals surface area contributed by atoms with Crippen LogP contribution in [-0.2, 0) is 11.4 Å². The fourth-order valence-electron chi connectivity index (χ4n) is 1.16. The lowest BCUT2D eigenvalue weighted by Crippen LogP contribution is -2.27. The van der Waals surface area contributed by atoms with Crippen molar-refractivity contribution in [1.29, 1.82) is 0 Å². The van der Waals surface area contributed by atoms with Crippen LogP contribution in [0.5, 0.6) is 5.75 Å². The number of benzene rings is 1. The number of hydrogen-bond acceptors (Lipinski definition) is 3. The molecule has 0 saturated heterocycles. The zero-order valence-corrected chi connectivity index (χ0v) is 11.0. The molecule has 1 rings (SSSR count). The summed E-state index contributed by atoms with van der Waals surface area (Å²) in [6, 6.07) is 3.04. The van der Waals surface area contributed by atoms with Gasteiger partial charge in [-0.15, -0.1) is 0 Å². The third-order valence-corrected chi connectivity index (χ3v) is 2.59. The summed E-state index contributed by atoms with van der Waals surface area (Å²) in [4.78, 5) is 12.8. The topological polar surface area (TPSA) is 49.8 Å². The lowest BCUT2D eigenvalue weighted by Gasteiger charge is -2.14. The van der Waals surface area contributed by atoms with E-state index in [1.54, 1.807) is 20.2 Å². The number of halogens is 2. The second-order valence-corrected chi connectivity index (χ2v) is 4.45. The van der Waals surface area contributed by atoms with E-state index in [0.717, 1.165) is 0 Å². The molecule has 0 aliphatic heterocycles. The number of rotatable bonds is 4.